The molecule has 3 nitrogen and oxygen atoms in total. The predicted molar refractivity (Wildman–Crippen MR) is 81.6 cm³/mol. The van der Waals surface area contributed by atoms with Crippen molar-refractivity contribution in [2.75, 3.05) is 0 Å². The largest absolute Gasteiger partial charge is 0.326 e. The Balaban J connectivity index is 2.44. The van der Waals surface area contributed by atoms with Gasteiger partial charge in [0.05, 0.1) is 15.7 Å². The monoisotopic (exact) mass is 347 g/mol. The predicted octanol–water partition coefficient (Wildman–Crippen LogP) is 3.57. The van der Waals surface area contributed by atoms with Crippen LogP contribution in [0, 0.1) is 5.82 Å². The van der Waals surface area contributed by atoms with Crippen LogP contribution in [-0.4, -0.2) is 8.42 Å². The molecule has 0 aromatic heterocycles. The van der Waals surface area contributed by atoms with E-state index in [-0.39, 0.29) is 27.0 Å². The van der Waals surface area contributed by atoms with Gasteiger partial charge in [-0.3, -0.25) is 0 Å². The molecule has 0 spiro atoms. The van der Waals surface area contributed by atoms with Gasteiger partial charge in [-0.05, 0) is 29.8 Å². The molecular weight excluding hydrogens is 336 g/mol. The average molecular weight is 348 g/mol. The van der Waals surface area contributed by atoms with E-state index >= 15 is 0 Å². The zero-order valence-electron chi connectivity index (χ0n) is 10.8. The molecule has 2 rings (SSSR count). The van der Waals surface area contributed by atoms with E-state index in [1.807, 2.05) is 0 Å². The van der Waals surface area contributed by atoms with E-state index in [4.69, 9.17) is 28.9 Å². The molecular formula is C14H12Cl2FNO2S. The Morgan fingerprint density at radius 2 is 1.81 bits per heavy atom. The minimum atomic E-state index is -3.81. The van der Waals surface area contributed by atoms with Crippen molar-refractivity contribution in [1.82, 2.24) is 0 Å². The van der Waals surface area contributed by atoms with Crippen LogP contribution in [0.3, 0.4) is 0 Å². The summed E-state index contributed by atoms with van der Waals surface area (Å²) in [4.78, 5) is -0.116. The Labute approximate surface area is 132 Å². The number of nitrogens with two attached hydrogens (primary N) is 1. The fourth-order valence-corrected chi connectivity index (χ4v) is 4.03. The van der Waals surface area contributed by atoms with E-state index in [0.29, 0.717) is 5.56 Å². The van der Waals surface area contributed by atoms with Crippen LogP contribution in [0.2, 0.25) is 10.0 Å². The van der Waals surface area contributed by atoms with Crippen LogP contribution in [0.4, 0.5) is 4.39 Å². The van der Waals surface area contributed by atoms with E-state index in [1.54, 1.807) is 0 Å². The van der Waals surface area contributed by atoms with Crippen molar-refractivity contribution in [2.45, 2.75) is 17.2 Å². The fraction of sp³-hybridized carbons (Fsp3) is 0.143. The highest BCUT2D eigenvalue weighted by Gasteiger charge is 2.21. The molecule has 7 heteroatoms. The minimum absolute atomic E-state index is 0.0500. The number of hydrogen-bond acceptors (Lipinski definition) is 3. The molecule has 0 aliphatic carbocycles. The van der Waals surface area contributed by atoms with Gasteiger partial charge in [-0.25, -0.2) is 12.8 Å². The van der Waals surface area contributed by atoms with Gasteiger partial charge in [0.25, 0.3) is 0 Å². The van der Waals surface area contributed by atoms with Gasteiger partial charge in [0, 0.05) is 17.1 Å². The lowest BCUT2D eigenvalue weighted by Gasteiger charge is -2.09. The number of benzene rings is 2. The molecule has 0 saturated carbocycles. The third-order valence-corrected chi connectivity index (χ3v) is 5.30. The first-order valence-corrected chi connectivity index (χ1v) is 8.39. The molecule has 0 atom stereocenters. The third-order valence-electron chi connectivity index (χ3n) is 2.92. The van der Waals surface area contributed by atoms with Crippen LogP contribution in [0.1, 0.15) is 11.1 Å². The summed E-state index contributed by atoms with van der Waals surface area (Å²) >= 11 is 11.7. The van der Waals surface area contributed by atoms with Crippen LogP contribution in [0.15, 0.2) is 41.3 Å². The van der Waals surface area contributed by atoms with Crippen molar-refractivity contribution in [3.05, 3.63) is 63.4 Å². The van der Waals surface area contributed by atoms with Crippen molar-refractivity contribution in [3.63, 3.8) is 0 Å². The van der Waals surface area contributed by atoms with E-state index < -0.39 is 21.4 Å². The van der Waals surface area contributed by atoms with Crippen LogP contribution in [-0.2, 0) is 22.1 Å². The zero-order chi connectivity index (χ0) is 15.6. The molecule has 2 aromatic carbocycles. The molecule has 0 radical (unpaired) electrons. The number of hydrogen-bond donors (Lipinski definition) is 1. The quantitative estimate of drug-likeness (QED) is 0.919. The summed E-state index contributed by atoms with van der Waals surface area (Å²) in [5.74, 6) is -1.11. The molecule has 0 fully saturated rings. The Morgan fingerprint density at radius 3 is 2.48 bits per heavy atom. The molecule has 0 amide bonds. The highest BCUT2D eigenvalue weighted by Crippen LogP contribution is 2.28. The van der Waals surface area contributed by atoms with Gasteiger partial charge >= 0.3 is 0 Å². The van der Waals surface area contributed by atoms with E-state index in [9.17, 15) is 12.8 Å². The van der Waals surface area contributed by atoms with Crippen LogP contribution >= 0.6 is 23.2 Å². The molecule has 0 bridgehead atoms. The van der Waals surface area contributed by atoms with E-state index in [1.165, 1.54) is 36.4 Å². The van der Waals surface area contributed by atoms with E-state index in [2.05, 4.69) is 0 Å². The SMILES string of the molecule is NCc1ccc(F)c(CS(=O)(=O)c2cc(Cl)ccc2Cl)c1. The number of halogens is 3. The first kappa shape index (κ1) is 16.2. The first-order valence-electron chi connectivity index (χ1n) is 5.98. The second-order valence-electron chi connectivity index (χ2n) is 4.46. The zero-order valence-corrected chi connectivity index (χ0v) is 13.1. The van der Waals surface area contributed by atoms with Crippen molar-refractivity contribution in [3.8, 4) is 0 Å². The van der Waals surface area contributed by atoms with Gasteiger partial charge in [-0.1, -0.05) is 35.3 Å². The molecule has 2 aromatic rings. The average Bonchev–Trinajstić information content (AvgIpc) is 2.43. The van der Waals surface area contributed by atoms with Crippen molar-refractivity contribution < 1.29 is 12.8 Å². The molecule has 0 aliphatic rings. The van der Waals surface area contributed by atoms with Crippen LogP contribution in [0.5, 0.6) is 0 Å². The molecule has 0 saturated heterocycles. The summed E-state index contributed by atoms with van der Waals surface area (Å²) in [7, 11) is -3.81. The maximum absolute atomic E-state index is 13.8. The van der Waals surface area contributed by atoms with Crippen molar-refractivity contribution in [1.29, 1.82) is 0 Å². The van der Waals surface area contributed by atoms with Crippen molar-refractivity contribution in [2.24, 2.45) is 5.73 Å². The second-order valence-corrected chi connectivity index (χ2v) is 7.27. The van der Waals surface area contributed by atoms with Gasteiger partial charge < -0.3 is 5.73 Å². The summed E-state index contributed by atoms with van der Waals surface area (Å²) in [5, 5.41) is 0.295. The smallest absolute Gasteiger partial charge is 0.184 e. The van der Waals surface area contributed by atoms with Gasteiger partial charge in [-0.15, -0.1) is 0 Å². The number of rotatable bonds is 4. The molecule has 2 N–H and O–H groups in total. The molecule has 0 heterocycles. The molecule has 0 unspecified atom stereocenters. The topological polar surface area (TPSA) is 60.2 Å². The lowest BCUT2D eigenvalue weighted by atomic mass is 10.1. The second kappa shape index (κ2) is 6.32. The first-order chi connectivity index (χ1) is 9.83. The van der Waals surface area contributed by atoms with Gasteiger partial charge in [0.1, 0.15) is 5.82 Å². The lowest BCUT2D eigenvalue weighted by Crippen LogP contribution is -2.08. The molecule has 112 valence electrons. The summed E-state index contributed by atoms with van der Waals surface area (Å²) in [6.07, 6.45) is 0. The highest BCUT2D eigenvalue weighted by atomic mass is 35.5. The maximum atomic E-state index is 13.8. The standard InChI is InChI=1S/C14H12Cl2FNO2S/c15-11-2-3-12(16)14(6-11)21(19,20)8-10-5-9(7-18)1-4-13(10)17/h1-6H,7-8,18H2. The van der Waals surface area contributed by atoms with Gasteiger partial charge in [0.2, 0.25) is 0 Å². The fourth-order valence-electron chi connectivity index (χ4n) is 1.86. The normalized spacial score (nSPS) is 11.6. The summed E-state index contributed by atoms with van der Waals surface area (Å²) in [5.41, 5.74) is 6.18. The van der Waals surface area contributed by atoms with Crippen LogP contribution in [0.25, 0.3) is 0 Å². The van der Waals surface area contributed by atoms with Crippen molar-refractivity contribution >= 4 is 33.0 Å². The van der Waals surface area contributed by atoms with Gasteiger partial charge in [-0.2, -0.15) is 0 Å². The van der Waals surface area contributed by atoms with Gasteiger partial charge in [0.15, 0.2) is 9.84 Å². The molecule has 21 heavy (non-hydrogen) atoms. The van der Waals surface area contributed by atoms with Crippen LogP contribution < -0.4 is 5.73 Å². The third kappa shape index (κ3) is 3.74. The Hall–Kier alpha value is -1.14. The summed E-state index contributed by atoms with van der Waals surface area (Å²) in [6, 6.07) is 8.28. The maximum Gasteiger partial charge on any atom is 0.184 e. The highest BCUT2D eigenvalue weighted by molar-refractivity contribution is 7.90. The minimum Gasteiger partial charge on any atom is -0.326 e. The Morgan fingerprint density at radius 1 is 1.10 bits per heavy atom. The van der Waals surface area contributed by atoms with E-state index in [0.717, 1.165) is 0 Å². The Kier molecular flexibility index (Phi) is 4.88. The summed E-state index contributed by atoms with van der Waals surface area (Å²) in [6.45, 7) is 0.200. The lowest BCUT2D eigenvalue weighted by molar-refractivity contribution is 0.587. The molecule has 0 aliphatic heterocycles. The number of sulfone groups is 1. The summed E-state index contributed by atoms with van der Waals surface area (Å²) < 4.78 is 38.5. The Bertz CT molecular complexity index is 779.